The smallest absolute Gasteiger partial charge is 0.247 e. The number of anilines is 6. The first-order chi connectivity index (χ1) is 50.8. The number of rotatable bonds is 26. The van der Waals surface area contributed by atoms with Crippen LogP contribution in [0.5, 0.6) is 5.75 Å². The molecule has 4 amide bonds. The van der Waals surface area contributed by atoms with Crippen LogP contribution in [-0.2, 0) is 52.7 Å². The Kier molecular flexibility index (Phi) is 29.1. The second-order valence-electron chi connectivity index (χ2n) is 30.0. The number of carbonyl (C=O) groups is 4. The van der Waals surface area contributed by atoms with Gasteiger partial charge in [0.15, 0.2) is 15.4 Å². The van der Waals surface area contributed by atoms with Crippen molar-refractivity contribution in [1.29, 1.82) is 0 Å². The van der Waals surface area contributed by atoms with Crippen LogP contribution in [-0.4, -0.2) is 108 Å². The molecule has 7 heterocycles. The minimum absolute atomic E-state index is 0.0310. The van der Waals surface area contributed by atoms with Crippen LogP contribution in [0.4, 0.5) is 32.5 Å². The van der Waals surface area contributed by atoms with Crippen molar-refractivity contribution in [1.82, 2.24) is 40.1 Å². The average Bonchev–Trinajstić information content (AvgIpc) is 0.966. The highest BCUT2D eigenvalue weighted by Crippen LogP contribution is 2.39. The highest BCUT2D eigenvalue weighted by Gasteiger charge is 2.34. The van der Waals surface area contributed by atoms with Gasteiger partial charge in [0.2, 0.25) is 41.3 Å². The minimum atomic E-state index is -0.226. The number of ether oxygens (including phenoxy) is 1. The molecule has 7 N–H and O–H groups in total. The molecule has 3 saturated carbocycles. The molecule has 1 saturated heterocycles. The van der Waals surface area contributed by atoms with E-state index in [4.69, 9.17) is 18.0 Å². The van der Waals surface area contributed by atoms with Crippen LogP contribution in [0.3, 0.4) is 0 Å². The van der Waals surface area contributed by atoms with Crippen molar-refractivity contribution in [3.8, 4) is 5.75 Å². The summed E-state index contributed by atoms with van der Waals surface area (Å²) in [5.74, 6) is 7.53. The number of thiazole rings is 3. The van der Waals surface area contributed by atoms with Crippen LogP contribution in [0.15, 0.2) is 150 Å². The Balaban J connectivity index is 0.000000170. The van der Waals surface area contributed by atoms with Crippen LogP contribution in [0.1, 0.15) is 187 Å². The summed E-state index contributed by atoms with van der Waals surface area (Å²) in [4.78, 5) is 76.5. The van der Waals surface area contributed by atoms with Crippen LogP contribution in [0.2, 0.25) is 0 Å². The predicted molar refractivity (Wildman–Crippen MR) is 432 cm³/mol. The molecule has 28 heteroatoms. The first kappa shape index (κ1) is 80.6. The molecular weight excluding hydrogens is 1450 g/mol. The van der Waals surface area contributed by atoms with Gasteiger partial charge in [-0.25, -0.2) is 29.9 Å². The number of benzene rings is 2. The van der Waals surface area contributed by atoms with E-state index in [0.717, 1.165) is 176 Å². The molecule has 3 aliphatic carbocycles. The van der Waals surface area contributed by atoms with Crippen LogP contribution in [0.25, 0.3) is 0 Å². The van der Waals surface area contributed by atoms with Gasteiger partial charge in [0.25, 0.3) is 0 Å². The van der Waals surface area contributed by atoms with E-state index in [0.29, 0.717) is 48.5 Å². The summed E-state index contributed by atoms with van der Waals surface area (Å²) in [6, 6.07) is 16.7. The molecule has 4 aliphatic rings. The third-order valence-electron chi connectivity index (χ3n) is 18.3. The molecule has 4 unspecified atom stereocenters. The topological polar surface area (TPSA) is 282 Å². The molecule has 0 bridgehead atoms. The Morgan fingerprint density at radius 3 is 1.28 bits per heavy atom. The molecule has 22 nitrogen and oxygen atoms in total. The van der Waals surface area contributed by atoms with Gasteiger partial charge in [-0.1, -0.05) is 122 Å². The quantitative estimate of drug-likeness (QED) is 0.0196. The number of thioether (sulfide) groups is 3. The fourth-order valence-corrected chi connectivity index (χ4v) is 17.9. The Hall–Kier alpha value is -7.89. The van der Waals surface area contributed by atoms with Crippen molar-refractivity contribution < 1.29 is 37.2 Å². The number of aromatic nitrogens is 6. The molecule has 6 aromatic heterocycles. The maximum Gasteiger partial charge on any atom is 0.247 e. The molecule has 6 atom stereocenters. The Labute approximate surface area is 648 Å². The van der Waals surface area contributed by atoms with E-state index in [9.17, 15) is 19.2 Å². The highest BCUT2D eigenvalue weighted by molar-refractivity contribution is 8.01. The van der Waals surface area contributed by atoms with Crippen molar-refractivity contribution in [3.05, 3.63) is 159 Å². The lowest BCUT2D eigenvalue weighted by molar-refractivity contribution is -0.137. The minimum Gasteiger partial charge on any atom is -0.490 e. The lowest BCUT2D eigenvalue weighted by Gasteiger charge is -2.37. The number of hydrogen-bond donors (Lipinski definition) is 7. The number of nitrogens with one attached hydrogen (secondary N) is 7. The summed E-state index contributed by atoms with van der Waals surface area (Å²) < 4.78 is 27.3. The van der Waals surface area contributed by atoms with E-state index in [2.05, 4.69) is 149 Å². The Bertz CT molecular complexity index is 3970. The summed E-state index contributed by atoms with van der Waals surface area (Å²) >= 11 is 10.1. The standard InChI is InChI=1S/C26H37N5O3S2.C26H33N5O2S2.C26H32N4O3S2/c1-5-21(32)29-18-9-11-31(12-10-18)24(33)17-7-6-8-19(13-17)30-25-28-15-23(36-25)35-16-22-27-14-20(34-22)26(2,3)4;1-5-22(32)30-18-11-9-17(10-12-18)29-19-7-6-8-20(13-19)31-25-28-15-24(35-25)34-16-23-27-14-21(33-23)26(2,3)4;1-5-22(31)29-17-9-11-19(12-10-17)32-20-8-6-7-18(13-20)30-25-28-15-24(35-25)34-16-23-27-14-21(33-23)26(2,3)4/h5,14-15,17-19H,1,6-13,16H2,2-4H3,(H,28,30)(H,29,32);5,9-12,14-15,19-20,29H,1,6-8,13,16H2,2-4H3,(H,28,31)(H,30,32);5,9-12,14-15,18,20H,1,6-8,13,16H2,2-4H3,(H,28,30)(H,29,31)/t;;18-,20-/m..1/s1. The van der Waals surface area contributed by atoms with Gasteiger partial charge in [-0.2, -0.15) is 0 Å². The van der Waals surface area contributed by atoms with E-state index < -0.39 is 0 Å². The summed E-state index contributed by atoms with van der Waals surface area (Å²) in [5, 5.41) is 25.7. The highest BCUT2D eigenvalue weighted by atomic mass is 32.2. The molecule has 0 radical (unpaired) electrons. The van der Waals surface area contributed by atoms with Gasteiger partial charge in [0.1, 0.15) is 29.1 Å². The van der Waals surface area contributed by atoms with Gasteiger partial charge in [-0.15, -0.1) is 35.3 Å². The Morgan fingerprint density at radius 2 is 0.858 bits per heavy atom. The fraction of sp³-hybridized carbons (Fsp3) is 0.487. The average molecular weight is 1560 g/mol. The normalized spacial score (nSPS) is 19.2. The van der Waals surface area contributed by atoms with E-state index in [1.807, 2.05) is 90.6 Å². The molecule has 12 rings (SSSR count). The largest absolute Gasteiger partial charge is 0.490 e. The fourth-order valence-electron chi connectivity index (χ4n) is 12.5. The number of carbonyl (C=O) groups excluding carboxylic acids is 4. The number of likely N-dealkylation sites (tertiary alicyclic amines) is 1. The third kappa shape index (κ3) is 25.4. The maximum atomic E-state index is 13.2. The molecule has 1 aliphatic heterocycles. The number of hydrogen-bond acceptors (Lipinski definition) is 24. The number of oxazole rings is 3. The summed E-state index contributed by atoms with van der Waals surface area (Å²) in [7, 11) is 0. The summed E-state index contributed by atoms with van der Waals surface area (Å²) in [5.41, 5.74) is 2.43. The predicted octanol–water partition coefficient (Wildman–Crippen LogP) is 18.3. The van der Waals surface area contributed by atoms with E-state index in [1.54, 1.807) is 69.3 Å². The maximum absolute atomic E-state index is 13.2. The van der Waals surface area contributed by atoms with Crippen molar-refractivity contribution >= 4 is 125 Å². The van der Waals surface area contributed by atoms with E-state index in [-0.39, 0.29) is 64.0 Å². The van der Waals surface area contributed by atoms with Gasteiger partial charge in [-0.3, -0.25) is 19.2 Å². The summed E-state index contributed by atoms with van der Waals surface area (Å²) in [6.07, 6.45) is 29.2. The van der Waals surface area contributed by atoms with Gasteiger partial charge in [-0.05, 0) is 144 Å². The second kappa shape index (κ2) is 38.3. The number of amides is 4. The van der Waals surface area contributed by atoms with Gasteiger partial charge < -0.3 is 60.1 Å². The molecule has 568 valence electrons. The zero-order valence-corrected chi connectivity index (χ0v) is 67.2. The van der Waals surface area contributed by atoms with Gasteiger partial charge in [0.05, 0.1) is 67.1 Å². The van der Waals surface area contributed by atoms with Crippen molar-refractivity contribution in [2.75, 3.05) is 45.0 Å². The van der Waals surface area contributed by atoms with Crippen molar-refractivity contribution in [3.63, 3.8) is 0 Å². The number of piperidine rings is 1. The first-order valence-corrected chi connectivity index (χ1v) is 41.8. The molecule has 8 aromatic rings. The van der Waals surface area contributed by atoms with Crippen molar-refractivity contribution in [2.24, 2.45) is 5.92 Å². The Morgan fingerprint density at radius 1 is 0.472 bits per heavy atom. The van der Waals surface area contributed by atoms with Crippen LogP contribution < -0.4 is 42.0 Å². The van der Waals surface area contributed by atoms with E-state index in [1.165, 1.54) is 18.2 Å². The van der Waals surface area contributed by atoms with Gasteiger partial charge >= 0.3 is 0 Å². The van der Waals surface area contributed by atoms with Crippen LogP contribution in [0, 0.1) is 5.92 Å². The summed E-state index contributed by atoms with van der Waals surface area (Å²) in [6.45, 7) is 30.9. The molecule has 4 fully saturated rings. The lowest BCUT2D eigenvalue weighted by atomic mass is 9.84. The third-order valence-corrected chi connectivity index (χ3v) is 24.6. The number of nitrogens with zero attached hydrogens (tertiary/aromatic N) is 7. The SMILES string of the molecule is C=CC(=O)NC1CCN(C(=O)C2CCCC(Nc3ncc(SCc4ncc(C(C)(C)C)o4)s3)C2)CC1.C=CC(=O)Nc1ccc(NC2CCCC(Nc3ncc(SCc4ncc(C(C)(C)C)o4)s3)C2)cc1.C=CC(=O)Nc1ccc(O[C@@H]2CCC[C@@H](Nc3ncc(SCc4ncc(C(C)(C)C)o4)s3)C2)cc1. The molecule has 106 heavy (non-hydrogen) atoms. The van der Waals surface area contributed by atoms with E-state index >= 15 is 0 Å². The van der Waals surface area contributed by atoms with Gasteiger partial charge in [0, 0.05) is 88.9 Å². The zero-order chi connectivity index (χ0) is 75.4. The molecular formula is C78H102N14O8S6. The molecule has 0 spiro atoms. The van der Waals surface area contributed by atoms with Crippen molar-refractivity contribution in [2.45, 2.75) is 235 Å². The monoisotopic (exact) mass is 1550 g/mol. The van der Waals surface area contributed by atoms with Crippen LogP contribution >= 0.6 is 69.3 Å². The first-order valence-electron chi connectivity index (χ1n) is 36.4. The lowest BCUT2D eigenvalue weighted by Crippen LogP contribution is -2.48. The molecule has 2 aromatic carbocycles. The second-order valence-corrected chi connectivity index (χ2v) is 36.9. The zero-order valence-electron chi connectivity index (χ0n) is 62.3.